The summed E-state index contributed by atoms with van der Waals surface area (Å²) in [7, 11) is 0.574. The van der Waals surface area contributed by atoms with Crippen LogP contribution in [0, 0.1) is 0 Å². The third kappa shape index (κ3) is 5.21. The van der Waals surface area contributed by atoms with Gasteiger partial charge in [-0.1, -0.05) is 6.07 Å². The molecular formula is C18H21N7O2S. The van der Waals surface area contributed by atoms with Gasteiger partial charge in [-0.25, -0.2) is 28.4 Å². The normalized spacial score (nSPS) is 11.4. The minimum atomic E-state index is -3.42. The van der Waals surface area contributed by atoms with E-state index in [9.17, 15) is 8.42 Å². The maximum Gasteiger partial charge on any atom is 0.179 e. The quantitative estimate of drug-likeness (QED) is 0.617. The van der Waals surface area contributed by atoms with E-state index in [2.05, 4.69) is 35.5 Å². The molecular weight excluding hydrogens is 378 g/mol. The molecule has 0 aliphatic heterocycles. The SMILES string of the molecule is CN(C)Cc1ccc(Nc2cc(Nc3ncccc3S(C)(=O)=O)ncn2)nc1. The number of nitrogens with zero attached hydrogens (tertiary/aromatic N) is 5. The van der Waals surface area contributed by atoms with Crippen LogP contribution < -0.4 is 10.6 Å². The second-order valence-corrected chi connectivity index (χ2v) is 8.43. The molecule has 0 saturated heterocycles. The van der Waals surface area contributed by atoms with Crippen molar-refractivity contribution in [3.63, 3.8) is 0 Å². The van der Waals surface area contributed by atoms with E-state index < -0.39 is 9.84 Å². The highest BCUT2D eigenvalue weighted by Gasteiger charge is 2.14. The summed E-state index contributed by atoms with van der Waals surface area (Å²) in [5.41, 5.74) is 1.10. The lowest BCUT2D eigenvalue weighted by atomic mass is 10.2. The molecule has 0 spiro atoms. The van der Waals surface area contributed by atoms with Gasteiger partial charge >= 0.3 is 0 Å². The van der Waals surface area contributed by atoms with Gasteiger partial charge < -0.3 is 15.5 Å². The average Bonchev–Trinajstić information content (AvgIpc) is 2.63. The topological polar surface area (TPSA) is 113 Å². The molecule has 0 aromatic carbocycles. The molecule has 3 aromatic rings. The van der Waals surface area contributed by atoms with Gasteiger partial charge in [0.2, 0.25) is 0 Å². The zero-order valence-electron chi connectivity index (χ0n) is 15.8. The molecule has 0 fully saturated rings. The monoisotopic (exact) mass is 399 g/mol. The van der Waals surface area contributed by atoms with Crippen LogP contribution in [0.4, 0.5) is 23.3 Å². The molecule has 0 unspecified atom stereocenters. The third-order valence-electron chi connectivity index (χ3n) is 3.66. The number of pyridine rings is 2. The van der Waals surface area contributed by atoms with Crippen LogP contribution in [-0.2, 0) is 16.4 Å². The van der Waals surface area contributed by atoms with Crippen molar-refractivity contribution in [2.75, 3.05) is 31.0 Å². The van der Waals surface area contributed by atoms with E-state index in [1.807, 2.05) is 26.2 Å². The van der Waals surface area contributed by atoms with Crippen LogP contribution in [0.5, 0.6) is 0 Å². The van der Waals surface area contributed by atoms with E-state index in [0.717, 1.165) is 18.4 Å². The summed E-state index contributed by atoms with van der Waals surface area (Å²) in [4.78, 5) is 18.9. The number of hydrogen-bond donors (Lipinski definition) is 2. The first kappa shape index (κ1) is 19.6. The third-order valence-corrected chi connectivity index (χ3v) is 4.79. The van der Waals surface area contributed by atoms with Crippen LogP contribution in [0.25, 0.3) is 0 Å². The van der Waals surface area contributed by atoms with Crippen molar-refractivity contribution in [2.24, 2.45) is 0 Å². The lowest BCUT2D eigenvalue weighted by Crippen LogP contribution is -2.10. The van der Waals surface area contributed by atoms with Gasteiger partial charge in [-0.3, -0.25) is 0 Å². The van der Waals surface area contributed by atoms with Crippen molar-refractivity contribution < 1.29 is 8.42 Å². The molecule has 146 valence electrons. The molecule has 10 heteroatoms. The molecule has 0 aliphatic carbocycles. The largest absolute Gasteiger partial charge is 0.325 e. The van der Waals surface area contributed by atoms with Crippen molar-refractivity contribution >= 4 is 33.1 Å². The van der Waals surface area contributed by atoms with Crippen molar-refractivity contribution in [2.45, 2.75) is 11.4 Å². The Morgan fingerprint density at radius 3 is 2.36 bits per heavy atom. The van der Waals surface area contributed by atoms with Gasteiger partial charge in [-0.15, -0.1) is 0 Å². The van der Waals surface area contributed by atoms with Gasteiger partial charge in [0.05, 0.1) is 0 Å². The second kappa shape index (κ2) is 8.28. The molecule has 2 N–H and O–H groups in total. The van der Waals surface area contributed by atoms with E-state index in [0.29, 0.717) is 17.5 Å². The predicted octanol–water partition coefficient (Wildman–Crippen LogP) is 2.22. The number of rotatable bonds is 7. The highest BCUT2D eigenvalue weighted by molar-refractivity contribution is 7.90. The summed E-state index contributed by atoms with van der Waals surface area (Å²) in [5.74, 6) is 1.77. The molecule has 0 radical (unpaired) electrons. The van der Waals surface area contributed by atoms with E-state index in [1.54, 1.807) is 18.3 Å². The minimum absolute atomic E-state index is 0.0984. The summed E-state index contributed by atoms with van der Waals surface area (Å²) in [5, 5.41) is 6.03. The van der Waals surface area contributed by atoms with Crippen LogP contribution >= 0.6 is 0 Å². The standard InChI is InChI=1S/C18H21N7O2S/c1-25(2)11-13-6-7-15(20-10-13)23-16-9-17(22-12-21-16)24-18-14(28(3,26)27)5-4-8-19-18/h4-10,12H,11H2,1-3H3,(H2,19,20,21,22,23,24). The average molecular weight is 399 g/mol. The Labute approximate surface area is 163 Å². The Morgan fingerprint density at radius 2 is 1.71 bits per heavy atom. The molecule has 0 atom stereocenters. The summed E-state index contributed by atoms with van der Waals surface area (Å²) in [6.45, 7) is 0.807. The first-order valence-electron chi connectivity index (χ1n) is 8.42. The summed E-state index contributed by atoms with van der Waals surface area (Å²) < 4.78 is 23.8. The van der Waals surface area contributed by atoms with Crippen molar-refractivity contribution in [3.8, 4) is 0 Å². The molecule has 0 saturated carbocycles. The minimum Gasteiger partial charge on any atom is -0.325 e. The van der Waals surface area contributed by atoms with Gasteiger partial charge in [0.25, 0.3) is 0 Å². The predicted molar refractivity (Wildman–Crippen MR) is 108 cm³/mol. The van der Waals surface area contributed by atoms with E-state index in [-0.39, 0.29) is 10.7 Å². The fraction of sp³-hybridized carbons (Fsp3) is 0.222. The van der Waals surface area contributed by atoms with Crippen LogP contribution in [0.15, 0.2) is 53.9 Å². The van der Waals surface area contributed by atoms with E-state index in [1.165, 1.54) is 18.6 Å². The maximum atomic E-state index is 11.9. The Hall–Kier alpha value is -3.11. The fourth-order valence-corrected chi connectivity index (χ4v) is 3.27. The number of hydrogen-bond acceptors (Lipinski definition) is 9. The van der Waals surface area contributed by atoms with Crippen LogP contribution in [0.2, 0.25) is 0 Å². The first-order chi connectivity index (χ1) is 13.3. The number of aromatic nitrogens is 4. The van der Waals surface area contributed by atoms with Crippen molar-refractivity contribution in [1.82, 2.24) is 24.8 Å². The lowest BCUT2D eigenvalue weighted by molar-refractivity contribution is 0.402. The smallest absolute Gasteiger partial charge is 0.179 e. The van der Waals surface area contributed by atoms with E-state index in [4.69, 9.17) is 0 Å². The summed E-state index contributed by atoms with van der Waals surface area (Å²) in [6.07, 6.45) is 5.81. The van der Waals surface area contributed by atoms with Gasteiger partial charge in [-0.05, 0) is 37.9 Å². The van der Waals surface area contributed by atoms with Crippen LogP contribution in [0.1, 0.15) is 5.56 Å². The van der Waals surface area contributed by atoms with Crippen LogP contribution in [0.3, 0.4) is 0 Å². The highest BCUT2D eigenvalue weighted by Crippen LogP contribution is 2.22. The van der Waals surface area contributed by atoms with Crippen LogP contribution in [-0.4, -0.2) is 53.6 Å². The first-order valence-corrected chi connectivity index (χ1v) is 10.3. The van der Waals surface area contributed by atoms with Gasteiger partial charge in [-0.2, -0.15) is 0 Å². The molecule has 3 aromatic heterocycles. The van der Waals surface area contributed by atoms with Crippen molar-refractivity contribution in [3.05, 3.63) is 54.6 Å². The molecule has 0 aliphatic rings. The molecule has 28 heavy (non-hydrogen) atoms. The maximum absolute atomic E-state index is 11.9. The Balaban J connectivity index is 1.77. The van der Waals surface area contributed by atoms with Gasteiger partial charge in [0.1, 0.15) is 34.5 Å². The highest BCUT2D eigenvalue weighted by atomic mass is 32.2. The Kier molecular flexibility index (Phi) is 5.81. The number of sulfone groups is 1. The van der Waals surface area contributed by atoms with Crippen molar-refractivity contribution in [1.29, 1.82) is 0 Å². The molecule has 9 nitrogen and oxygen atoms in total. The number of nitrogens with one attached hydrogen (secondary N) is 2. The molecule has 0 bridgehead atoms. The lowest BCUT2D eigenvalue weighted by Gasteiger charge is -2.11. The molecule has 3 rings (SSSR count). The molecule has 0 amide bonds. The zero-order chi connectivity index (χ0) is 20.1. The second-order valence-electron chi connectivity index (χ2n) is 6.45. The Morgan fingerprint density at radius 1 is 0.964 bits per heavy atom. The fourth-order valence-electron chi connectivity index (χ4n) is 2.49. The zero-order valence-corrected chi connectivity index (χ0v) is 16.6. The van der Waals surface area contributed by atoms with E-state index >= 15 is 0 Å². The van der Waals surface area contributed by atoms with Gasteiger partial charge in [0.15, 0.2) is 9.84 Å². The molecule has 3 heterocycles. The summed E-state index contributed by atoms with van der Waals surface area (Å²) >= 11 is 0. The number of anilines is 4. The van der Waals surface area contributed by atoms with Gasteiger partial charge in [0, 0.05) is 31.3 Å². The Bertz CT molecular complexity index is 1050. The summed E-state index contributed by atoms with van der Waals surface area (Å²) in [6, 6.07) is 8.57.